The highest BCUT2D eigenvalue weighted by atomic mass is 79.9. The van der Waals surface area contributed by atoms with Gasteiger partial charge in [-0.05, 0) is 18.2 Å². The molecule has 1 heterocycles. The molecule has 0 unspecified atom stereocenters. The van der Waals surface area contributed by atoms with Crippen molar-refractivity contribution in [2.45, 2.75) is 6.10 Å². The van der Waals surface area contributed by atoms with Crippen LogP contribution < -0.4 is 4.74 Å². The second-order valence-electron chi connectivity index (χ2n) is 4.40. The van der Waals surface area contributed by atoms with Gasteiger partial charge >= 0.3 is 5.97 Å². The summed E-state index contributed by atoms with van der Waals surface area (Å²) in [4.78, 5) is 24.3. The van der Waals surface area contributed by atoms with Crippen LogP contribution in [-0.2, 0) is 14.3 Å². The van der Waals surface area contributed by atoms with Crippen molar-refractivity contribution in [2.75, 3.05) is 26.3 Å². The molecule has 0 bridgehead atoms. The Balaban J connectivity index is 1.90. The summed E-state index contributed by atoms with van der Waals surface area (Å²) in [6.45, 7) is 0.362. The Morgan fingerprint density at radius 2 is 2.29 bits per heavy atom. The lowest BCUT2D eigenvalue weighted by atomic mass is 10.2. The van der Waals surface area contributed by atoms with Crippen LogP contribution in [0.25, 0.3) is 0 Å². The summed E-state index contributed by atoms with van der Waals surface area (Å²) in [6.07, 6.45) is -0.987. The predicted octanol–water partition coefficient (Wildman–Crippen LogP) is 1.79. The quantitative estimate of drug-likeness (QED) is 0.864. The number of rotatable bonds is 4. The molecule has 1 aliphatic rings. The third-order valence-corrected chi connectivity index (χ3v) is 3.73. The van der Waals surface area contributed by atoms with Crippen LogP contribution in [0.2, 0.25) is 5.02 Å². The minimum absolute atomic E-state index is 0.0194. The molecule has 1 aliphatic heterocycles. The molecular formula is C13H13BrClNO5. The number of nitrogens with zero attached hydrogens (tertiary/aromatic N) is 1. The molecule has 1 aromatic carbocycles. The predicted molar refractivity (Wildman–Crippen MR) is 78.6 cm³/mol. The maximum atomic E-state index is 12.0. The molecule has 0 aromatic heterocycles. The number of halogens is 2. The number of carbonyl (C=O) groups is 2. The molecule has 6 nitrogen and oxygen atoms in total. The Morgan fingerprint density at radius 1 is 1.52 bits per heavy atom. The Bertz CT molecular complexity index is 553. The Labute approximate surface area is 134 Å². The van der Waals surface area contributed by atoms with Crippen LogP contribution in [-0.4, -0.2) is 54.3 Å². The van der Waals surface area contributed by atoms with E-state index in [9.17, 15) is 9.59 Å². The van der Waals surface area contributed by atoms with Crippen molar-refractivity contribution in [3.63, 3.8) is 0 Å². The molecule has 21 heavy (non-hydrogen) atoms. The first-order valence-corrected chi connectivity index (χ1v) is 7.34. The largest absolute Gasteiger partial charge is 0.482 e. The van der Waals surface area contributed by atoms with Gasteiger partial charge in [0.25, 0.3) is 5.91 Å². The summed E-state index contributed by atoms with van der Waals surface area (Å²) >= 11 is 9.26. The summed E-state index contributed by atoms with van der Waals surface area (Å²) < 4.78 is 11.2. The second kappa shape index (κ2) is 7.11. The van der Waals surface area contributed by atoms with E-state index in [0.717, 1.165) is 4.47 Å². The summed E-state index contributed by atoms with van der Waals surface area (Å²) in [5, 5.41) is 9.28. The second-order valence-corrected chi connectivity index (χ2v) is 5.72. The molecule has 2 rings (SSSR count). The SMILES string of the molecule is O=C(O)[C@H]1CN(C(=O)COc2ccc(Br)cc2Cl)CCO1. The van der Waals surface area contributed by atoms with Crippen LogP contribution in [0.15, 0.2) is 22.7 Å². The summed E-state index contributed by atoms with van der Waals surface area (Å²) in [6, 6.07) is 5.07. The van der Waals surface area contributed by atoms with Crippen molar-refractivity contribution in [3.05, 3.63) is 27.7 Å². The number of hydrogen-bond donors (Lipinski definition) is 1. The molecule has 0 spiro atoms. The van der Waals surface area contributed by atoms with Gasteiger partial charge in [0.2, 0.25) is 0 Å². The molecule has 1 N–H and O–H groups in total. The molecule has 1 atom stereocenters. The summed E-state index contributed by atoms with van der Waals surface area (Å²) in [7, 11) is 0. The zero-order valence-corrected chi connectivity index (χ0v) is 13.3. The maximum Gasteiger partial charge on any atom is 0.334 e. The highest BCUT2D eigenvalue weighted by Crippen LogP contribution is 2.27. The van der Waals surface area contributed by atoms with Crippen LogP contribution in [0.3, 0.4) is 0 Å². The number of morpholine rings is 1. The topological polar surface area (TPSA) is 76.1 Å². The average Bonchev–Trinajstić information content (AvgIpc) is 2.46. The van der Waals surface area contributed by atoms with Gasteiger partial charge in [-0.2, -0.15) is 0 Å². The molecule has 0 saturated carbocycles. The van der Waals surface area contributed by atoms with Crippen molar-refractivity contribution in [1.29, 1.82) is 0 Å². The van der Waals surface area contributed by atoms with Gasteiger partial charge in [0.1, 0.15) is 5.75 Å². The Kier molecular flexibility index (Phi) is 5.44. The van der Waals surface area contributed by atoms with Crippen molar-refractivity contribution >= 4 is 39.4 Å². The standard InChI is InChI=1S/C13H13BrClNO5/c14-8-1-2-10(9(15)5-8)21-7-12(17)16-3-4-20-11(6-16)13(18)19/h1-2,5,11H,3-4,6-7H2,(H,18,19)/t11-/m1/s1. The normalized spacial score (nSPS) is 18.4. The van der Waals surface area contributed by atoms with Crippen LogP contribution in [0, 0.1) is 0 Å². The van der Waals surface area contributed by atoms with E-state index in [2.05, 4.69) is 15.9 Å². The maximum absolute atomic E-state index is 12.0. The number of carbonyl (C=O) groups excluding carboxylic acids is 1. The van der Waals surface area contributed by atoms with Gasteiger partial charge in [-0.15, -0.1) is 0 Å². The number of amides is 1. The third-order valence-electron chi connectivity index (χ3n) is 2.94. The number of ether oxygens (including phenoxy) is 2. The fraction of sp³-hybridized carbons (Fsp3) is 0.385. The van der Waals surface area contributed by atoms with Crippen molar-refractivity contribution < 1.29 is 24.2 Å². The van der Waals surface area contributed by atoms with Gasteiger partial charge < -0.3 is 19.5 Å². The van der Waals surface area contributed by atoms with Crippen molar-refractivity contribution in [1.82, 2.24) is 4.90 Å². The highest BCUT2D eigenvalue weighted by Gasteiger charge is 2.29. The lowest BCUT2D eigenvalue weighted by Crippen LogP contribution is -2.49. The van der Waals surface area contributed by atoms with Gasteiger partial charge in [0.15, 0.2) is 12.7 Å². The molecule has 8 heteroatoms. The monoisotopic (exact) mass is 377 g/mol. The van der Waals surface area contributed by atoms with E-state index in [0.29, 0.717) is 17.3 Å². The molecule has 114 valence electrons. The molecule has 0 radical (unpaired) electrons. The zero-order chi connectivity index (χ0) is 15.4. The van der Waals surface area contributed by atoms with E-state index in [1.54, 1.807) is 18.2 Å². The fourth-order valence-electron chi connectivity index (χ4n) is 1.85. The van der Waals surface area contributed by atoms with Crippen molar-refractivity contribution in [3.8, 4) is 5.75 Å². The minimum atomic E-state index is -1.08. The first-order valence-electron chi connectivity index (χ1n) is 6.17. The van der Waals surface area contributed by atoms with E-state index < -0.39 is 12.1 Å². The first kappa shape index (κ1) is 16.1. The molecule has 1 amide bonds. The Morgan fingerprint density at radius 3 is 2.95 bits per heavy atom. The molecule has 1 saturated heterocycles. The Hall–Kier alpha value is -1.31. The van der Waals surface area contributed by atoms with E-state index >= 15 is 0 Å². The average molecular weight is 379 g/mol. The number of carboxylic acids is 1. The lowest BCUT2D eigenvalue weighted by molar-refractivity contribution is -0.159. The number of hydrogen-bond acceptors (Lipinski definition) is 4. The van der Waals surface area contributed by atoms with E-state index in [-0.39, 0.29) is 25.7 Å². The number of aliphatic carboxylic acids is 1. The first-order chi connectivity index (χ1) is 9.97. The van der Waals surface area contributed by atoms with Gasteiger partial charge in [-0.3, -0.25) is 4.79 Å². The summed E-state index contributed by atoms with van der Waals surface area (Å²) in [5.41, 5.74) is 0. The van der Waals surface area contributed by atoms with Gasteiger partial charge in [-0.25, -0.2) is 4.79 Å². The van der Waals surface area contributed by atoms with E-state index in [4.69, 9.17) is 26.2 Å². The number of carboxylic acid groups (broad SMARTS) is 1. The zero-order valence-electron chi connectivity index (χ0n) is 10.9. The molecular weight excluding hydrogens is 366 g/mol. The smallest absolute Gasteiger partial charge is 0.334 e. The van der Waals surface area contributed by atoms with Crippen LogP contribution >= 0.6 is 27.5 Å². The number of benzene rings is 1. The molecule has 0 aliphatic carbocycles. The van der Waals surface area contributed by atoms with E-state index in [1.807, 2.05) is 0 Å². The molecule has 1 fully saturated rings. The van der Waals surface area contributed by atoms with E-state index in [1.165, 1.54) is 4.90 Å². The van der Waals surface area contributed by atoms with Gasteiger partial charge in [0.05, 0.1) is 18.2 Å². The molecule has 1 aromatic rings. The van der Waals surface area contributed by atoms with Crippen LogP contribution in [0.1, 0.15) is 0 Å². The highest BCUT2D eigenvalue weighted by molar-refractivity contribution is 9.10. The van der Waals surface area contributed by atoms with Crippen molar-refractivity contribution in [2.24, 2.45) is 0 Å². The van der Waals surface area contributed by atoms with Gasteiger partial charge in [-0.1, -0.05) is 27.5 Å². The van der Waals surface area contributed by atoms with Gasteiger partial charge in [0, 0.05) is 11.0 Å². The summed E-state index contributed by atoms with van der Waals surface area (Å²) in [5.74, 6) is -0.982. The minimum Gasteiger partial charge on any atom is -0.482 e. The van der Waals surface area contributed by atoms with Crippen LogP contribution in [0.5, 0.6) is 5.75 Å². The van der Waals surface area contributed by atoms with Crippen LogP contribution in [0.4, 0.5) is 0 Å². The third kappa shape index (κ3) is 4.33. The lowest BCUT2D eigenvalue weighted by Gasteiger charge is -2.30. The fourth-order valence-corrected chi connectivity index (χ4v) is 2.58.